The highest BCUT2D eigenvalue weighted by molar-refractivity contribution is 6.29. The first-order valence-corrected chi connectivity index (χ1v) is 7.37. The standard InChI is InChI=1S/C16H17ClN2O4/c1-16(2,23-10-12-6-4-3-5-7-12)11-22-15-13(19(20)21)8-9-14(17)18-15/h3-9H,10-11H2,1-2H3. The summed E-state index contributed by atoms with van der Waals surface area (Å²) in [4.78, 5) is 14.3. The minimum Gasteiger partial charge on any atom is -0.470 e. The molecule has 0 aliphatic rings. The minimum absolute atomic E-state index is 0.105. The van der Waals surface area contributed by atoms with E-state index in [9.17, 15) is 10.1 Å². The highest BCUT2D eigenvalue weighted by Gasteiger charge is 2.24. The van der Waals surface area contributed by atoms with Crippen molar-refractivity contribution in [3.8, 4) is 5.88 Å². The van der Waals surface area contributed by atoms with Crippen molar-refractivity contribution < 1.29 is 14.4 Å². The summed E-state index contributed by atoms with van der Waals surface area (Å²) in [6, 6.07) is 12.3. The van der Waals surface area contributed by atoms with Crippen LogP contribution in [-0.2, 0) is 11.3 Å². The van der Waals surface area contributed by atoms with Crippen LogP contribution < -0.4 is 4.74 Å². The van der Waals surface area contributed by atoms with Gasteiger partial charge in [0.1, 0.15) is 11.8 Å². The molecule has 0 fully saturated rings. The number of hydrogen-bond donors (Lipinski definition) is 0. The maximum absolute atomic E-state index is 11.0. The number of pyridine rings is 1. The molecule has 0 bridgehead atoms. The topological polar surface area (TPSA) is 74.5 Å². The van der Waals surface area contributed by atoms with Crippen molar-refractivity contribution in [3.05, 3.63) is 63.3 Å². The van der Waals surface area contributed by atoms with E-state index in [4.69, 9.17) is 21.1 Å². The quantitative estimate of drug-likeness (QED) is 0.433. The molecule has 0 N–H and O–H groups in total. The fourth-order valence-electron chi connectivity index (χ4n) is 1.79. The first-order chi connectivity index (χ1) is 10.9. The van der Waals surface area contributed by atoms with E-state index in [2.05, 4.69) is 4.98 Å². The van der Waals surface area contributed by atoms with Crippen LogP contribution in [0, 0.1) is 10.1 Å². The van der Waals surface area contributed by atoms with Gasteiger partial charge < -0.3 is 9.47 Å². The Hall–Kier alpha value is -2.18. The van der Waals surface area contributed by atoms with Gasteiger partial charge in [0.2, 0.25) is 0 Å². The lowest BCUT2D eigenvalue weighted by atomic mass is 10.1. The molecule has 0 amide bonds. The summed E-state index contributed by atoms with van der Waals surface area (Å²) >= 11 is 5.77. The molecular weight excluding hydrogens is 320 g/mol. The zero-order valence-corrected chi connectivity index (χ0v) is 13.6. The van der Waals surface area contributed by atoms with Crippen LogP contribution in [0.1, 0.15) is 19.4 Å². The number of ether oxygens (including phenoxy) is 2. The smallest absolute Gasteiger partial charge is 0.331 e. The van der Waals surface area contributed by atoms with E-state index in [0.29, 0.717) is 6.61 Å². The van der Waals surface area contributed by atoms with E-state index in [1.807, 2.05) is 44.2 Å². The van der Waals surface area contributed by atoms with E-state index >= 15 is 0 Å². The Balaban J connectivity index is 1.99. The summed E-state index contributed by atoms with van der Waals surface area (Å²) in [6.07, 6.45) is 0. The fourth-order valence-corrected chi connectivity index (χ4v) is 1.93. The average Bonchev–Trinajstić information content (AvgIpc) is 2.52. The van der Waals surface area contributed by atoms with Crippen LogP contribution >= 0.6 is 11.6 Å². The number of nitrogens with zero attached hydrogens (tertiary/aromatic N) is 2. The first-order valence-electron chi connectivity index (χ1n) is 6.99. The van der Waals surface area contributed by atoms with Gasteiger partial charge in [-0.3, -0.25) is 10.1 Å². The summed E-state index contributed by atoms with van der Waals surface area (Å²) in [6.45, 7) is 4.20. The van der Waals surface area contributed by atoms with Gasteiger partial charge in [-0.25, -0.2) is 0 Å². The number of rotatable bonds is 7. The molecule has 2 rings (SSSR count). The summed E-state index contributed by atoms with van der Waals surface area (Å²) in [5, 5.41) is 11.1. The van der Waals surface area contributed by atoms with Crippen LogP contribution in [-0.4, -0.2) is 22.1 Å². The largest absolute Gasteiger partial charge is 0.470 e. The van der Waals surface area contributed by atoms with Crippen molar-refractivity contribution in [1.29, 1.82) is 0 Å². The highest BCUT2D eigenvalue weighted by Crippen LogP contribution is 2.27. The van der Waals surface area contributed by atoms with Crippen LogP contribution in [0.3, 0.4) is 0 Å². The lowest BCUT2D eigenvalue weighted by molar-refractivity contribution is -0.386. The van der Waals surface area contributed by atoms with Gasteiger partial charge in [-0.1, -0.05) is 41.9 Å². The number of aromatic nitrogens is 1. The Bertz CT molecular complexity index is 677. The van der Waals surface area contributed by atoms with Gasteiger partial charge in [0.15, 0.2) is 0 Å². The lowest BCUT2D eigenvalue weighted by Crippen LogP contribution is -2.32. The molecule has 1 heterocycles. The normalized spacial score (nSPS) is 11.3. The van der Waals surface area contributed by atoms with Gasteiger partial charge in [-0.05, 0) is 25.5 Å². The van der Waals surface area contributed by atoms with Gasteiger partial charge >= 0.3 is 5.69 Å². The van der Waals surface area contributed by atoms with Gasteiger partial charge in [-0.2, -0.15) is 4.98 Å². The monoisotopic (exact) mass is 336 g/mol. The van der Waals surface area contributed by atoms with Crippen LogP contribution in [0.2, 0.25) is 5.15 Å². The Morgan fingerprint density at radius 1 is 1.22 bits per heavy atom. The van der Waals surface area contributed by atoms with Crippen molar-refractivity contribution in [2.75, 3.05) is 6.61 Å². The van der Waals surface area contributed by atoms with E-state index < -0.39 is 10.5 Å². The number of hydrogen-bond acceptors (Lipinski definition) is 5. The third-order valence-corrected chi connectivity index (χ3v) is 3.24. The van der Waals surface area contributed by atoms with Gasteiger partial charge in [0.05, 0.1) is 17.1 Å². The zero-order valence-electron chi connectivity index (χ0n) is 12.9. The van der Waals surface area contributed by atoms with Crippen LogP contribution in [0.5, 0.6) is 5.88 Å². The maximum Gasteiger partial charge on any atom is 0.331 e. The number of halogens is 1. The molecular formula is C16H17ClN2O4. The molecule has 0 unspecified atom stereocenters. The molecule has 122 valence electrons. The van der Waals surface area contributed by atoms with Gasteiger partial charge in [0, 0.05) is 6.07 Å². The second-order valence-electron chi connectivity index (χ2n) is 5.54. The summed E-state index contributed by atoms with van der Waals surface area (Å²) in [5.41, 5.74) is 0.161. The SMILES string of the molecule is CC(C)(COc1nc(Cl)ccc1[N+](=O)[O-])OCc1ccccc1. The predicted molar refractivity (Wildman–Crippen MR) is 86.7 cm³/mol. The third-order valence-electron chi connectivity index (χ3n) is 3.03. The predicted octanol–water partition coefficient (Wildman–Crippen LogP) is 4.02. The minimum atomic E-state index is -0.645. The van der Waals surface area contributed by atoms with Gasteiger partial charge in [0.25, 0.3) is 5.88 Å². The van der Waals surface area contributed by atoms with Crippen molar-refractivity contribution in [3.63, 3.8) is 0 Å². The van der Waals surface area contributed by atoms with E-state index in [1.165, 1.54) is 12.1 Å². The van der Waals surface area contributed by atoms with Gasteiger partial charge in [-0.15, -0.1) is 0 Å². The molecule has 0 saturated carbocycles. The number of nitro groups is 1. The first kappa shape index (κ1) is 17.2. The van der Waals surface area contributed by atoms with Crippen LogP contribution in [0.4, 0.5) is 5.69 Å². The highest BCUT2D eigenvalue weighted by atomic mass is 35.5. The van der Waals surface area contributed by atoms with E-state index in [0.717, 1.165) is 5.56 Å². The molecule has 23 heavy (non-hydrogen) atoms. The van der Waals surface area contributed by atoms with Crippen LogP contribution in [0.15, 0.2) is 42.5 Å². The molecule has 0 saturated heterocycles. The lowest BCUT2D eigenvalue weighted by Gasteiger charge is -2.25. The molecule has 1 aromatic heterocycles. The molecule has 0 aliphatic heterocycles. The molecule has 6 nitrogen and oxygen atoms in total. The summed E-state index contributed by atoms with van der Waals surface area (Å²) in [5.74, 6) is -0.112. The Morgan fingerprint density at radius 2 is 1.91 bits per heavy atom. The van der Waals surface area contributed by atoms with E-state index in [1.54, 1.807) is 0 Å². The van der Waals surface area contributed by atoms with Crippen molar-refractivity contribution in [2.24, 2.45) is 0 Å². The van der Waals surface area contributed by atoms with Crippen molar-refractivity contribution in [2.45, 2.75) is 26.1 Å². The maximum atomic E-state index is 11.0. The fraction of sp³-hybridized carbons (Fsp3) is 0.312. The molecule has 0 radical (unpaired) electrons. The van der Waals surface area contributed by atoms with Crippen molar-refractivity contribution >= 4 is 17.3 Å². The third kappa shape index (κ3) is 5.19. The van der Waals surface area contributed by atoms with E-state index in [-0.39, 0.29) is 23.3 Å². The summed E-state index contributed by atoms with van der Waals surface area (Å²) in [7, 11) is 0. The Labute approximate surface area is 139 Å². The average molecular weight is 337 g/mol. The van der Waals surface area contributed by atoms with Crippen molar-refractivity contribution in [1.82, 2.24) is 4.98 Å². The molecule has 2 aromatic rings. The Kier molecular flexibility index (Phi) is 5.52. The summed E-state index contributed by atoms with van der Waals surface area (Å²) < 4.78 is 11.3. The zero-order chi connectivity index (χ0) is 16.9. The Morgan fingerprint density at radius 3 is 2.57 bits per heavy atom. The second-order valence-corrected chi connectivity index (χ2v) is 5.93. The number of benzene rings is 1. The van der Waals surface area contributed by atoms with Crippen LogP contribution in [0.25, 0.3) is 0 Å². The molecule has 1 aromatic carbocycles. The second kappa shape index (κ2) is 7.39. The molecule has 0 atom stereocenters. The molecule has 0 spiro atoms. The molecule has 0 aliphatic carbocycles. The molecule has 7 heteroatoms.